The molecule has 88 valence electrons. The van der Waals surface area contributed by atoms with E-state index in [1.807, 2.05) is 6.92 Å². The van der Waals surface area contributed by atoms with E-state index in [-0.39, 0.29) is 11.2 Å². The summed E-state index contributed by atoms with van der Waals surface area (Å²) in [5.74, 6) is 2.78. The molecule has 3 aliphatic rings. The molecule has 2 bridgehead atoms. The van der Waals surface area contributed by atoms with Gasteiger partial charge in [0.2, 0.25) is 0 Å². The van der Waals surface area contributed by atoms with Crippen molar-refractivity contribution in [2.45, 2.75) is 37.9 Å². The van der Waals surface area contributed by atoms with E-state index in [1.165, 1.54) is 25.7 Å². The van der Waals surface area contributed by atoms with Gasteiger partial charge >= 0.3 is 0 Å². The summed E-state index contributed by atoms with van der Waals surface area (Å²) in [5.41, 5.74) is 0. The molecule has 1 amide bonds. The molecule has 1 heterocycles. The number of fused-ring (bicyclic) bond motifs is 2. The molecule has 3 rings (SSSR count). The SMILES string of the molecule is CC1SC(NC[C@H]2C[C@@H]3CC[C@H]2C3)=NC1=O. The summed E-state index contributed by atoms with van der Waals surface area (Å²) in [6.45, 7) is 2.94. The molecule has 1 aliphatic heterocycles. The van der Waals surface area contributed by atoms with Gasteiger partial charge in [0.15, 0.2) is 5.17 Å². The van der Waals surface area contributed by atoms with E-state index >= 15 is 0 Å². The minimum Gasteiger partial charge on any atom is -0.364 e. The Morgan fingerprint density at radius 3 is 2.88 bits per heavy atom. The molecule has 0 spiro atoms. The van der Waals surface area contributed by atoms with Crippen molar-refractivity contribution in [3.8, 4) is 0 Å². The highest BCUT2D eigenvalue weighted by atomic mass is 32.2. The molecule has 2 aliphatic carbocycles. The van der Waals surface area contributed by atoms with Crippen molar-refractivity contribution in [1.29, 1.82) is 0 Å². The maximum Gasteiger partial charge on any atom is 0.261 e. The number of carbonyl (C=O) groups excluding carboxylic acids is 1. The Balaban J connectivity index is 1.51. The molecule has 4 heteroatoms. The molecule has 2 saturated carbocycles. The number of amides is 1. The first-order valence-electron chi connectivity index (χ1n) is 6.25. The molecule has 16 heavy (non-hydrogen) atoms. The highest BCUT2D eigenvalue weighted by Gasteiger charge is 2.39. The van der Waals surface area contributed by atoms with Gasteiger partial charge < -0.3 is 5.32 Å². The van der Waals surface area contributed by atoms with E-state index in [4.69, 9.17) is 0 Å². The smallest absolute Gasteiger partial charge is 0.261 e. The highest BCUT2D eigenvalue weighted by Crippen LogP contribution is 2.48. The molecule has 0 saturated heterocycles. The predicted octanol–water partition coefficient (Wildman–Crippen LogP) is 2.03. The van der Waals surface area contributed by atoms with Crippen LogP contribution >= 0.6 is 11.8 Å². The lowest BCUT2D eigenvalue weighted by atomic mass is 9.89. The van der Waals surface area contributed by atoms with Crippen LogP contribution in [0.2, 0.25) is 0 Å². The number of carbonyl (C=O) groups is 1. The van der Waals surface area contributed by atoms with Crippen molar-refractivity contribution in [3.05, 3.63) is 0 Å². The van der Waals surface area contributed by atoms with Crippen molar-refractivity contribution < 1.29 is 4.79 Å². The zero-order valence-corrected chi connectivity index (χ0v) is 10.4. The van der Waals surface area contributed by atoms with Crippen LogP contribution in [0.1, 0.15) is 32.6 Å². The minimum atomic E-state index is 0.0143. The third kappa shape index (κ3) is 1.88. The number of aliphatic imine (C=N–C) groups is 1. The lowest BCUT2D eigenvalue weighted by Gasteiger charge is -2.22. The van der Waals surface area contributed by atoms with Crippen molar-refractivity contribution >= 4 is 22.8 Å². The summed E-state index contributed by atoms with van der Waals surface area (Å²) < 4.78 is 0. The number of rotatable bonds is 2. The molecule has 1 N–H and O–H groups in total. The average molecular weight is 238 g/mol. The van der Waals surface area contributed by atoms with Gasteiger partial charge in [-0.25, -0.2) is 0 Å². The Morgan fingerprint density at radius 2 is 2.31 bits per heavy atom. The topological polar surface area (TPSA) is 41.5 Å². The summed E-state index contributed by atoms with van der Waals surface area (Å²) in [5, 5.41) is 4.23. The van der Waals surface area contributed by atoms with Crippen LogP contribution in [0.25, 0.3) is 0 Å². The predicted molar refractivity (Wildman–Crippen MR) is 66.4 cm³/mol. The van der Waals surface area contributed by atoms with Crippen LogP contribution in [-0.2, 0) is 4.79 Å². The lowest BCUT2D eigenvalue weighted by molar-refractivity contribution is -0.116. The van der Waals surface area contributed by atoms with Gasteiger partial charge in [0.25, 0.3) is 5.91 Å². The first kappa shape index (κ1) is 10.6. The van der Waals surface area contributed by atoms with Gasteiger partial charge in [0.1, 0.15) is 0 Å². The number of hydrogen-bond donors (Lipinski definition) is 1. The molecule has 0 aromatic rings. The van der Waals surface area contributed by atoms with Crippen LogP contribution in [0.3, 0.4) is 0 Å². The normalized spacial score (nSPS) is 41.6. The summed E-state index contributed by atoms with van der Waals surface area (Å²) >= 11 is 1.57. The van der Waals surface area contributed by atoms with Crippen LogP contribution in [0.4, 0.5) is 0 Å². The van der Waals surface area contributed by atoms with Crippen LogP contribution in [-0.4, -0.2) is 22.9 Å². The van der Waals surface area contributed by atoms with E-state index < -0.39 is 0 Å². The van der Waals surface area contributed by atoms with Gasteiger partial charge in [-0.05, 0) is 43.9 Å². The minimum absolute atomic E-state index is 0.0143. The molecule has 2 fully saturated rings. The second kappa shape index (κ2) is 4.06. The van der Waals surface area contributed by atoms with Gasteiger partial charge in [-0.3, -0.25) is 4.79 Å². The Morgan fingerprint density at radius 1 is 1.44 bits per heavy atom. The fourth-order valence-electron chi connectivity index (χ4n) is 3.36. The van der Waals surface area contributed by atoms with Crippen LogP contribution < -0.4 is 5.32 Å². The molecule has 0 aromatic heterocycles. The fourth-order valence-corrected chi connectivity index (χ4v) is 4.16. The van der Waals surface area contributed by atoms with Gasteiger partial charge in [-0.2, -0.15) is 4.99 Å². The van der Waals surface area contributed by atoms with E-state index in [0.717, 1.165) is 29.5 Å². The molecular weight excluding hydrogens is 220 g/mol. The Kier molecular flexibility index (Phi) is 2.70. The van der Waals surface area contributed by atoms with E-state index in [2.05, 4.69) is 10.3 Å². The molecule has 4 atom stereocenters. The second-order valence-electron chi connectivity index (χ2n) is 5.33. The highest BCUT2D eigenvalue weighted by molar-refractivity contribution is 8.15. The van der Waals surface area contributed by atoms with Gasteiger partial charge in [0, 0.05) is 6.54 Å². The Bertz CT molecular complexity index is 342. The van der Waals surface area contributed by atoms with E-state index in [1.54, 1.807) is 11.8 Å². The molecule has 1 unspecified atom stereocenters. The first-order valence-corrected chi connectivity index (χ1v) is 7.13. The standard InChI is InChI=1S/C12H18N2OS/c1-7-11(15)14-12(16-7)13-6-10-5-8-2-3-9(10)4-8/h7-10H,2-6H2,1H3,(H,13,14,15)/t7?,8-,9+,10-/m1/s1. The number of hydrogen-bond acceptors (Lipinski definition) is 3. The van der Waals surface area contributed by atoms with Crippen molar-refractivity contribution in [3.63, 3.8) is 0 Å². The third-order valence-corrected chi connectivity index (χ3v) is 5.26. The van der Waals surface area contributed by atoms with Crippen molar-refractivity contribution in [2.24, 2.45) is 22.7 Å². The summed E-state index contributed by atoms with van der Waals surface area (Å²) in [6.07, 6.45) is 5.71. The maximum atomic E-state index is 11.3. The molecular formula is C12H18N2OS. The number of nitrogens with one attached hydrogen (secondary N) is 1. The molecule has 0 radical (unpaired) electrons. The second-order valence-corrected chi connectivity index (χ2v) is 6.66. The third-order valence-electron chi connectivity index (χ3n) is 4.25. The molecule has 0 aromatic carbocycles. The zero-order chi connectivity index (χ0) is 11.1. The summed E-state index contributed by atoms with van der Waals surface area (Å²) in [7, 11) is 0. The average Bonchev–Trinajstić information content (AvgIpc) is 2.92. The van der Waals surface area contributed by atoms with Crippen molar-refractivity contribution in [1.82, 2.24) is 5.32 Å². The Labute approximate surface area is 100 Å². The monoisotopic (exact) mass is 238 g/mol. The number of nitrogens with zero attached hydrogens (tertiary/aromatic N) is 1. The summed E-state index contributed by atoms with van der Waals surface area (Å²) in [4.78, 5) is 15.3. The van der Waals surface area contributed by atoms with Crippen LogP contribution in [0, 0.1) is 17.8 Å². The quantitative estimate of drug-likeness (QED) is 0.800. The van der Waals surface area contributed by atoms with Gasteiger partial charge in [0.05, 0.1) is 5.25 Å². The summed E-state index contributed by atoms with van der Waals surface area (Å²) in [6, 6.07) is 0. The number of amidine groups is 1. The maximum absolute atomic E-state index is 11.3. The molecule has 3 nitrogen and oxygen atoms in total. The first-order chi connectivity index (χ1) is 7.72. The van der Waals surface area contributed by atoms with Gasteiger partial charge in [-0.1, -0.05) is 18.2 Å². The largest absolute Gasteiger partial charge is 0.364 e. The lowest BCUT2D eigenvalue weighted by Crippen LogP contribution is -2.29. The fraction of sp³-hybridized carbons (Fsp3) is 0.833. The van der Waals surface area contributed by atoms with E-state index in [0.29, 0.717) is 0 Å². The Hall–Kier alpha value is -0.510. The van der Waals surface area contributed by atoms with Gasteiger partial charge in [-0.15, -0.1) is 0 Å². The number of thioether (sulfide) groups is 1. The zero-order valence-electron chi connectivity index (χ0n) is 9.61. The van der Waals surface area contributed by atoms with Crippen molar-refractivity contribution in [2.75, 3.05) is 6.54 Å². The van der Waals surface area contributed by atoms with E-state index in [9.17, 15) is 4.79 Å². The van der Waals surface area contributed by atoms with Crippen LogP contribution in [0.15, 0.2) is 4.99 Å². The van der Waals surface area contributed by atoms with Crippen LogP contribution in [0.5, 0.6) is 0 Å².